The van der Waals surface area contributed by atoms with Crippen LogP contribution in [0.4, 0.5) is 17.6 Å². The molecule has 0 aliphatic carbocycles. The summed E-state index contributed by atoms with van der Waals surface area (Å²) in [7, 11) is 0. The molecule has 0 aromatic heterocycles. The van der Waals surface area contributed by atoms with Crippen LogP contribution in [-0.4, -0.2) is 23.9 Å². The van der Waals surface area contributed by atoms with Crippen LogP contribution in [0, 0.1) is 0 Å². The van der Waals surface area contributed by atoms with Crippen LogP contribution in [0.2, 0.25) is 0 Å². The molecular formula is C30H14F4O6. The Balaban J connectivity index is 1.26. The minimum atomic E-state index is -4.58. The number of cyclic esters (lactones) is 4. The van der Waals surface area contributed by atoms with Crippen LogP contribution in [0.1, 0.15) is 52.6 Å². The van der Waals surface area contributed by atoms with Crippen molar-refractivity contribution in [1.82, 2.24) is 0 Å². The van der Waals surface area contributed by atoms with E-state index in [1.807, 2.05) is 0 Å². The predicted molar refractivity (Wildman–Crippen MR) is 131 cm³/mol. The summed E-state index contributed by atoms with van der Waals surface area (Å²) in [5, 5.41) is 0. The van der Waals surface area contributed by atoms with E-state index in [0.717, 1.165) is 24.3 Å². The van der Waals surface area contributed by atoms with Gasteiger partial charge in [-0.15, -0.1) is 0 Å². The molecule has 4 aromatic carbocycles. The first kappa shape index (κ1) is 25.2. The fourth-order valence-corrected chi connectivity index (χ4v) is 4.64. The molecule has 0 fully saturated rings. The largest absolute Gasteiger partial charge is 0.386 e. The number of alkyl halides is 4. The summed E-state index contributed by atoms with van der Waals surface area (Å²) in [6.45, 7) is 0. The Hall–Kier alpha value is -5.12. The van der Waals surface area contributed by atoms with Crippen molar-refractivity contribution >= 4 is 23.9 Å². The molecule has 6 rings (SSSR count). The Labute approximate surface area is 222 Å². The maximum atomic E-state index is 15.1. The van der Waals surface area contributed by atoms with Crippen molar-refractivity contribution < 1.29 is 46.2 Å². The number of hydrogen-bond acceptors (Lipinski definition) is 6. The quantitative estimate of drug-likeness (QED) is 0.161. The number of esters is 4. The van der Waals surface area contributed by atoms with Gasteiger partial charge in [0, 0.05) is 11.1 Å². The van der Waals surface area contributed by atoms with Crippen molar-refractivity contribution in [1.29, 1.82) is 0 Å². The van der Waals surface area contributed by atoms with Gasteiger partial charge in [-0.3, -0.25) is 0 Å². The molecule has 10 heteroatoms. The number of ether oxygens (including phenoxy) is 2. The van der Waals surface area contributed by atoms with E-state index in [1.165, 1.54) is 60.7 Å². The lowest BCUT2D eigenvalue weighted by atomic mass is 9.92. The van der Waals surface area contributed by atoms with Crippen LogP contribution in [0.25, 0.3) is 22.3 Å². The Morgan fingerprint density at radius 1 is 0.400 bits per heavy atom. The van der Waals surface area contributed by atoms with Gasteiger partial charge < -0.3 is 9.47 Å². The summed E-state index contributed by atoms with van der Waals surface area (Å²) < 4.78 is 69.7. The molecule has 2 heterocycles. The molecule has 0 amide bonds. The number of carbonyl (C=O) groups is 4. The third kappa shape index (κ3) is 3.79. The van der Waals surface area contributed by atoms with Gasteiger partial charge in [-0.1, -0.05) is 60.7 Å². The van der Waals surface area contributed by atoms with Gasteiger partial charge in [0.15, 0.2) is 0 Å². The number of rotatable bonds is 5. The lowest BCUT2D eigenvalue weighted by Gasteiger charge is -2.27. The van der Waals surface area contributed by atoms with Gasteiger partial charge in [0.2, 0.25) is 0 Å². The molecule has 0 saturated carbocycles. The zero-order valence-corrected chi connectivity index (χ0v) is 20.0. The predicted octanol–water partition coefficient (Wildman–Crippen LogP) is 6.53. The normalized spacial score (nSPS) is 14.6. The van der Waals surface area contributed by atoms with Gasteiger partial charge in [0.05, 0.1) is 22.3 Å². The highest BCUT2D eigenvalue weighted by atomic mass is 19.3. The SMILES string of the molecule is O=C1OC(=O)c2cc(-c3ccc(C(F)(F)C(F)(F)c4ccc(-c5ccc6c(c5)C(=O)OC6=O)cc4)cc3)ccc21. The molecule has 6 nitrogen and oxygen atoms in total. The van der Waals surface area contributed by atoms with E-state index >= 15 is 17.6 Å². The highest BCUT2D eigenvalue weighted by Crippen LogP contribution is 2.50. The summed E-state index contributed by atoms with van der Waals surface area (Å²) in [6, 6.07) is 16.8. The molecule has 0 unspecified atom stereocenters. The molecule has 0 spiro atoms. The van der Waals surface area contributed by atoms with E-state index in [-0.39, 0.29) is 22.3 Å². The van der Waals surface area contributed by atoms with E-state index in [0.29, 0.717) is 22.3 Å². The first-order chi connectivity index (χ1) is 19.0. The molecule has 0 bridgehead atoms. The van der Waals surface area contributed by atoms with Gasteiger partial charge in [-0.05, 0) is 46.5 Å². The van der Waals surface area contributed by atoms with Crippen molar-refractivity contribution in [2.45, 2.75) is 11.8 Å². The molecule has 2 aliphatic rings. The number of hydrogen-bond donors (Lipinski definition) is 0. The zero-order valence-electron chi connectivity index (χ0n) is 20.0. The van der Waals surface area contributed by atoms with Crippen LogP contribution in [0.5, 0.6) is 0 Å². The van der Waals surface area contributed by atoms with Crippen molar-refractivity contribution in [3.63, 3.8) is 0 Å². The van der Waals surface area contributed by atoms with Gasteiger partial charge in [-0.25, -0.2) is 19.2 Å². The van der Waals surface area contributed by atoms with Crippen molar-refractivity contribution in [3.05, 3.63) is 118 Å². The molecule has 40 heavy (non-hydrogen) atoms. The van der Waals surface area contributed by atoms with E-state index < -0.39 is 46.8 Å². The highest BCUT2D eigenvalue weighted by Gasteiger charge is 2.58. The first-order valence-electron chi connectivity index (χ1n) is 11.8. The Kier molecular flexibility index (Phi) is 5.48. The van der Waals surface area contributed by atoms with Crippen LogP contribution in [0.3, 0.4) is 0 Å². The lowest BCUT2D eigenvalue weighted by Crippen LogP contribution is -2.35. The van der Waals surface area contributed by atoms with Gasteiger partial charge in [0.1, 0.15) is 0 Å². The molecule has 0 saturated heterocycles. The smallest absolute Gasteiger partial charge is 0.346 e. The maximum Gasteiger partial charge on any atom is 0.346 e. The van der Waals surface area contributed by atoms with Crippen LogP contribution < -0.4 is 0 Å². The fraction of sp³-hybridized carbons (Fsp3) is 0.0667. The summed E-state index contributed by atoms with van der Waals surface area (Å²) in [6.07, 6.45) is 0. The number of carbonyl (C=O) groups excluding carboxylic acids is 4. The Morgan fingerprint density at radius 2 is 0.700 bits per heavy atom. The summed E-state index contributed by atoms with van der Waals surface area (Å²) in [5.41, 5.74) is -0.0957. The minimum Gasteiger partial charge on any atom is -0.386 e. The number of fused-ring (bicyclic) bond motifs is 2. The van der Waals surface area contributed by atoms with Crippen LogP contribution >= 0.6 is 0 Å². The van der Waals surface area contributed by atoms with Gasteiger partial charge in [0.25, 0.3) is 0 Å². The van der Waals surface area contributed by atoms with Gasteiger partial charge in [-0.2, -0.15) is 17.6 Å². The Bertz CT molecular complexity index is 1630. The second-order valence-corrected chi connectivity index (χ2v) is 9.18. The zero-order chi connectivity index (χ0) is 28.4. The minimum absolute atomic E-state index is 0.0280. The maximum absolute atomic E-state index is 15.1. The fourth-order valence-electron chi connectivity index (χ4n) is 4.64. The van der Waals surface area contributed by atoms with E-state index in [2.05, 4.69) is 9.47 Å². The molecule has 2 aliphatic heterocycles. The second-order valence-electron chi connectivity index (χ2n) is 9.18. The first-order valence-corrected chi connectivity index (χ1v) is 11.8. The molecule has 0 atom stereocenters. The molecule has 0 N–H and O–H groups in total. The summed E-state index contributed by atoms with van der Waals surface area (Å²) >= 11 is 0. The van der Waals surface area contributed by atoms with Crippen molar-refractivity contribution in [3.8, 4) is 22.3 Å². The molecule has 4 aromatic rings. The third-order valence-corrected chi connectivity index (χ3v) is 6.85. The average Bonchev–Trinajstić information content (AvgIpc) is 3.41. The van der Waals surface area contributed by atoms with Crippen LogP contribution in [-0.2, 0) is 21.3 Å². The van der Waals surface area contributed by atoms with E-state index in [4.69, 9.17) is 0 Å². The highest BCUT2D eigenvalue weighted by molar-refractivity contribution is 6.16. The van der Waals surface area contributed by atoms with E-state index in [1.54, 1.807) is 0 Å². The standard InChI is InChI=1S/C30H14F4O6/c31-29(32,19-7-1-15(2-8-19)17-5-11-21-23(13-17)27(37)39-25(21)35)30(33,34)20-9-3-16(4-10-20)18-6-12-22-24(14-18)28(38)40-26(22)36/h1-14H. The monoisotopic (exact) mass is 546 g/mol. The Morgan fingerprint density at radius 3 is 1.05 bits per heavy atom. The topological polar surface area (TPSA) is 86.7 Å². The molecule has 0 radical (unpaired) electrons. The second kappa shape index (κ2) is 8.70. The van der Waals surface area contributed by atoms with Gasteiger partial charge >= 0.3 is 35.7 Å². The van der Waals surface area contributed by atoms with Crippen LogP contribution in [0.15, 0.2) is 84.9 Å². The molecule has 198 valence electrons. The summed E-state index contributed by atoms with van der Waals surface area (Å²) in [5.74, 6) is -12.4. The van der Waals surface area contributed by atoms with Crippen molar-refractivity contribution in [2.24, 2.45) is 0 Å². The lowest BCUT2D eigenvalue weighted by molar-refractivity contribution is -0.223. The number of halogens is 4. The average molecular weight is 546 g/mol. The molecular weight excluding hydrogens is 532 g/mol. The number of benzene rings is 4. The van der Waals surface area contributed by atoms with Crippen molar-refractivity contribution in [2.75, 3.05) is 0 Å². The summed E-state index contributed by atoms with van der Waals surface area (Å²) in [4.78, 5) is 46.8. The third-order valence-electron chi connectivity index (χ3n) is 6.85. The van der Waals surface area contributed by atoms with E-state index in [9.17, 15) is 19.2 Å².